The van der Waals surface area contributed by atoms with Gasteiger partial charge < -0.3 is 0 Å². The Morgan fingerprint density at radius 1 is 0.267 bits per heavy atom. The Bertz CT molecular complexity index is 1980. The van der Waals surface area contributed by atoms with E-state index in [2.05, 4.69) is 178 Å². The summed E-state index contributed by atoms with van der Waals surface area (Å²) in [4.78, 5) is 0. The normalized spacial score (nSPS) is 9.89. The van der Waals surface area contributed by atoms with Crippen molar-refractivity contribution in [2.24, 2.45) is 0 Å². The van der Waals surface area contributed by atoms with Crippen LogP contribution < -0.4 is 0 Å². The molecule has 0 aliphatic rings. The molecule has 8 aromatic rings. The van der Waals surface area contributed by atoms with Gasteiger partial charge in [0.1, 0.15) is 0 Å². The van der Waals surface area contributed by atoms with E-state index in [0.29, 0.717) is 0 Å². The molecule has 0 aromatic heterocycles. The lowest BCUT2D eigenvalue weighted by Crippen LogP contribution is -1.75. The van der Waals surface area contributed by atoms with Gasteiger partial charge in [0.2, 0.25) is 0 Å². The predicted octanol–water partition coefficient (Wildman–Crippen LogP) is 13.3. The molecule has 8 rings (SSSR count). The van der Waals surface area contributed by atoms with Crippen molar-refractivity contribution in [1.82, 2.24) is 0 Å². The highest BCUT2D eigenvalue weighted by Crippen LogP contribution is 2.24. The molecule has 0 N–H and O–H groups in total. The van der Waals surface area contributed by atoms with Crippen LogP contribution in [0.3, 0.4) is 0 Å². The maximum absolute atomic E-state index is 2.20. The van der Waals surface area contributed by atoms with E-state index in [9.17, 15) is 0 Å². The van der Waals surface area contributed by atoms with Crippen LogP contribution in [-0.4, -0.2) is 0 Å². The van der Waals surface area contributed by atoms with E-state index in [1.54, 1.807) is 0 Å². The van der Waals surface area contributed by atoms with Crippen LogP contribution in [0.1, 0.15) is 30.5 Å². The lowest BCUT2D eigenvalue weighted by atomic mass is 10.0. The molecule has 0 aliphatic carbocycles. The van der Waals surface area contributed by atoms with Crippen LogP contribution in [0.4, 0.5) is 0 Å². The van der Waals surface area contributed by atoms with Gasteiger partial charge in [0.05, 0.1) is 0 Å². The van der Waals surface area contributed by atoms with E-state index in [4.69, 9.17) is 0 Å². The minimum absolute atomic E-state index is 1.31. The van der Waals surface area contributed by atoms with Gasteiger partial charge in [0.25, 0.3) is 0 Å². The third kappa shape index (κ3) is 9.39. The molecule has 0 fully saturated rings. The van der Waals surface area contributed by atoms with Crippen molar-refractivity contribution in [2.45, 2.75) is 34.6 Å². The molecule has 0 nitrogen and oxygen atoms in total. The van der Waals surface area contributed by atoms with E-state index >= 15 is 0 Å². The summed E-state index contributed by atoms with van der Waals surface area (Å²) in [5, 5.41) is 10.6. The van der Waals surface area contributed by atoms with E-state index in [1.165, 1.54) is 59.8 Å². The minimum atomic E-state index is 1.31. The zero-order valence-corrected chi connectivity index (χ0v) is 27.2. The maximum Gasteiger partial charge on any atom is -0.0105 e. The first-order chi connectivity index (χ1) is 22.1. The summed E-state index contributed by atoms with van der Waals surface area (Å²) < 4.78 is 0. The molecule has 0 heteroatoms. The highest BCUT2D eigenvalue weighted by molar-refractivity contribution is 6.07. The molecule has 0 bridgehead atoms. The highest BCUT2D eigenvalue weighted by atomic mass is 14.0. The van der Waals surface area contributed by atoms with Gasteiger partial charge in [-0.05, 0) is 69.4 Å². The first-order valence-electron chi connectivity index (χ1n) is 15.9. The van der Waals surface area contributed by atoms with Crippen LogP contribution in [0.15, 0.2) is 176 Å². The summed E-state index contributed by atoms with van der Waals surface area (Å²) in [6, 6.07) is 61.4. The fourth-order valence-electron chi connectivity index (χ4n) is 5.19. The van der Waals surface area contributed by atoms with Crippen molar-refractivity contribution in [3.05, 3.63) is 193 Å². The van der Waals surface area contributed by atoms with Crippen molar-refractivity contribution in [2.75, 3.05) is 0 Å². The van der Waals surface area contributed by atoms with Crippen molar-refractivity contribution in [3.8, 4) is 0 Å². The highest BCUT2D eigenvalue weighted by Gasteiger charge is 1.97. The number of fused-ring (bicyclic) bond motifs is 5. The van der Waals surface area contributed by atoms with Crippen molar-refractivity contribution in [1.29, 1.82) is 0 Å². The fraction of sp³-hybridized carbons (Fsp3) is 0.111. The van der Waals surface area contributed by atoms with E-state index in [-0.39, 0.29) is 0 Å². The smallest absolute Gasteiger partial charge is 0.0105 e. The molecular weight excluding hydrogens is 540 g/mol. The van der Waals surface area contributed by atoms with Crippen LogP contribution in [-0.2, 0) is 0 Å². The average Bonchev–Trinajstić information content (AvgIpc) is 3.10. The van der Waals surface area contributed by atoms with Gasteiger partial charge in [-0.25, -0.2) is 0 Å². The topological polar surface area (TPSA) is 0 Å². The zero-order valence-electron chi connectivity index (χ0n) is 27.2. The Hall–Kier alpha value is -5.20. The lowest BCUT2D eigenvalue weighted by molar-refractivity contribution is 1.48. The molecule has 0 aliphatic heterocycles. The van der Waals surface area contributed by atoms with Gasteiger partial charge in [0, 0.05) is 0 Å². The number of rotatable bonds is 0. The standard InChI is InChI=1S/C14H10.2C11H10.C7H8.C2H6/c1-3-7-13-11(5-1)9-10-12-6-2-4-8-14(12)13;1-9-5-4-7-10-6-2-3-8-11(9)10;1-9-6-7-10-4-2-3-5-11(10)8-9;1-7-5-3-2-4-6-7;1-2/h1-10H;2*2-8H,1H3;2-6H,1H3;1-2H3. The maximum atomic E-state index is 2.20. The second-order valence-corrected chi connectivity index (χ2v) is 10.8. The first-order valence-corrected chi connectivity index (χ1v) is 15.9. The van der Waals surface area contributed by atoms with Crippen molar-refractivity contribution >= 4 is 43.1 Å². The number of benzene rings is 8. The Labute approximate surface area is 269 Å². The Balaban J connectivity index is 0.000000137. The van der Waals surface area contributed by atoms with E-state index in [0.717, 1.165) is 0 Å². The second-order valence-electron chi connectivity index (χ2n) is 10.8. The molecule has 0 heterocycles. The average molecular weight is 585 g/mol. The van der Waals surface area contributed by atoms with E-state index < -0.39 is 0 Å². The SMILES string of the molecule is CC.Cc1ccc2ccccc2c1.Cc1cccc2ccccc12.Cc1ccccc1.c1ccc2c(c1)ccc1ccccc12. The summed E-state index contributed by atoms with van der Waals surface area (Å²) in [7, 11) is 0. The van der Waals surface area contributed by atoms with Gasteiger partial charge in [0.15, 0.2) is 0 Å². The fourth-order valence-corrected chi connectivity index (χ4v) is 5.19. The molecule has 224 valence electrons. The summed E-state index contributed by atoms with van der Waals surface area (Å²) in [5.74, 6) is 0. The Morgan fingerprint density at radius 3 is 1.18 bits per heavy atom. The van der Waals surface area contributed by atoms with Gasteiger partial charge in [-0.2, -0.15) is 0 Å². The summed E-state index contributed by atoms with van der Waals surface area (Å²) in [5.41, 5.74) is 3.99. The zero-order chi connectivity index (χ0) is 31.9. The van der Waals surface area contributed by atoms with Crippen molar-refractivity contribution in [3.63, 3.8) is 0 Å². The molecule has 0 saturated carbocycles. The van der Waals surface area contributed by atoms with Gasteiger partial charge in [-0.15, -0.1) is 0 Å². The van der Waals surface area contributed by atoms with Crippen LogP contribution in [0, 0.1) is 20.8 Å². The molecule has 45 heavy (non-hydrogen) atoms. The molecule has 0 atom stereocenters. The molecule has 0 unspecified atom stereocenters. The second kappa shape index (κ2) is 17.2. The van der Waals surface area contributed by atoms with Gasteiger partial charge in [-0.3, -0.25) is 0 Å². The molecule has 8 aromatic carbocycles. The molecule has 0 saturated heterocycles. The summed E-state index contributed by atoms with van der Waals surface area (Å²) >= 11 is 0. The van der Waals surface area contributed by atoms with Crippen LogP contribution in [0.5, 0.6) is 0 Å². The van der Waals surface area contributed by atoms with Crippen molar-refractivity contribution < 1.29 is 0 Å². The molecule has 0 amide bonds. The third-order valence-electron chi connectivity index (χ3n) is 7.51. The molecule has 0 radical (unpaired) electrons. The number of hydrogen-bond donors (Lipinski definition) is 0. The largest absolute Gasteiger partial charge is 0.0683 e. The third-order valence-corrected chi connectivity index (χ3v) is 7.51. The van der Waals surface area contributed by atoms with Crippen LogP contribution in [0.2, 0.25) is 0 Å². The van der Waals surface area contributed by atoms with Gasteiger partial charge >= 0.3 is 0 Å². The molecule has 0 spiro atoms. The Kier molecular flexibility index (Phi) is 12.5. The summed E-state index contributed by atoms with van der Waals surface area (Å²) in [6.45, 7) is 10.3. The predicted molar refractivity (Wildman–Crippen MR) is 201 cm³/mol. The van der Waals surface area contributed by atoms with Crippen LogP contribution >= 0.6 is 0 Å². The number of hydrogen-bond acceptors (Lipinski definition) is 0. The van der Waals surface area contributed by atoms with Crippen LogP contribution in [0.25, 0.3) is 43.1 Å². The summed E-state index contributed by atoms with van der Waals surface area (Å²) in [6.07, 6.45) is 0. The molecular formula is C45H44. The first kappa shape index (κ1) is 32.7. The minimum Gasteiger partial charge on any atom is -0.0683 e. The number of aryl methyl sites for hydroxylation is 3. The van der Waals surface area contributed by atoms with Gasteiger partial charge in [-0.1, -0.05) is 201 Å². The lowest BCUT2D eigenvalue weighted by Gasteiger charge is -2.02. The monoisotopic (exact) mass is 584 g/mol. The quantitative estimate of drug-likeness (QED) is 0.156. The van der Waals surface area contributed by atoms with E-state index in [1.807, 2.05) is 32.0 Å². The Morgan fingerprint density at radius 2 is 0.667 bits per heavy atom.